The van der Waals surface area contributed by atoms with Gasteiger partial charge in [0.15, 0.2) is 5.65 Å². The number of fused-ring (bicyclic) bond motifs is 1. The fourth-order valence-corrected chi connectivity index (χ4v) is 3.17. The molecule has 114 valence electrons. The molecule has 3 heterocycles. The van der Waals surface area contributed by atoms with Crippen molar-refractivity contribution in [3.63, 3.8) is 0 Å². The van der Waals surface area contributed by atoms with Crippen molar-refractivity contribution in [3.8, 4) is 0 Å². The highest BCUT2D eigenvalue weighted by Crippen LogP contribution is 2.27. The second-order valence-corrected chi connectivity index (χ2v) is 5.65. The summed E-state index contributed by atoms with van der Waals surface area (Å²) in [4.78, 5) is 7.08. The lowest BCUT2D eigenvalue weighted by Crippen LogP contribution is -2.40. The maximum absolute atomic E-state index is 9.27. The fourth-order valence-electron chi connectivity index (χ4n) is 3.17. The zero-order valence-electron chi connectivity index (χ0n) is 12.5. The fraction of sp³-hybridized carbons (Fsp3) is 0.600. The molecule has 0 aromatic carbocycles. The van der Waals surface area contributed by atoms with Crippen LogP contribution < -0.4 is 10.6 Å². The topological polar surface area (TPSA) is 79.7 Å². The van der Waals surface area contributed by atoms with E-state index in [-0.39, 0.29) is 6.61 Å². The van der Waals surface area contributed by atoms with Crippen LogP contribution in [0.15, 0.2) is 12.3 Å². The number of aromatic nitrogens is 3. The van der Waals surface area contributed by atoms with E-state index >= 15 is 0 Å². The molecule has 0 radical (unpaired) electrons. The monoisotopic (exact) mass is 289 g/mol. The van der Waals surface area contributed by atoms with E-state index in [1.807, 2.05) is 12.3 Å². The van der Waals surface area contributed by atoms with E-state index in [0.717, 1.165) is 49.3 Å². The zero-order chi connectivity index (χ0) is 14.8. The molecule has 2 aromatic rings. The summed E-state index contributed by atoms with van der Waals surface area (Å²) >= 11 is 0. The molecular weight excluding hydrogens is 266 g/mol. The summed E-state index contributed by atoms with van der Waals surface area (Å²) < 4.78 is 1.70. The SMILES string of the molecule is CCc1cnn2c(N)cc(N3CCCCC3CCO)nc12. The Kier molecular flexibility index (Phi) is 3.96. The third-order valence-corrected chi connectivity index (χ3v) is 4.32. The lowest BCUT2D eigenvalue weighted by molar-refractivity contribution is 0.262. The molecule has 1 saturated heterocycles. The van der Waals surface area contributed by atoms with Gasteiger partial charge < -0.3 is 15.7 Å². The number of aliphatic hydroxyl groups is 1. The van der Waals surface area contributed by atoms with Crippen LogP contribution in [0.2, 0.25) is 0 Å². The van der Waals surface area contributed by atoms with Gasteiger partial charge in [0.1, 0.15) is 11.6 Å². The molecule has 0 bridgehead atoms. The normalized spacial score (nSPS) is 19.3. The van der Waals surface area contributed by atoms with Crippen LogP contribution in [0.3, 0.4) is 0 Å². The highest BCUT2D eigenvalue weighted by molar-refractivity contribution is 5.60. The standard InChI is InChI=1S/C15H23N5O/c1-2-11-10-17-20-13(16)9-14(18-15(11)20)19-7-4-3-5-12(19)6-8-21/h9-10,12,21H,2-8,16H2,1H3. The van der Waals surface area contributed by atoms with Gasteiger partial charge in [0.2, 0.25) is 0 Å². The average Bonchev–Trinajstić information content (AvgIpc) is 2.91. The van der Waals surface area contributed by atoms with Crippen LogP contribution in [-0.2, 0) is 6.42 Å². The molecule has 0 saturated carbocycles. The molecule has 1 atom stereocenters. The maximum atomic E-state index is 9.27. The number of anilines is 2. The number of nitrogens with two attached hydrogens (primary N) is 1. The zero-order valence-corrected chi connectivity index (χ0v) is 12.5. The third-order valence-electron chi connectivity index (χ3n) is 4.32. The van der Waals surface area contributed by atoms with Crippen molar-refractivity contribution in [1.29, 1.82) is 0 Å². The van der Waals surface area contributed by atoms with Gasteiger partial charge in [-0.15, -0.1) is 0 Å². The molecule has 3 rings (SSSR count). The molecule has 21 heavy (non-hydrogen) atoms. The van der Waals surface area contributed by atoms with Gasteiger partial charge in [-0.25, -0.2) is 4.98 Å². The molecule has 1 unspecified atom stereocenters. The predicted molar refractivity (Wildman–Crippen MR) is 83.5 cm³/mol. The molecule has 0 spiro atoms. The summed E-state index contributed by atoms with van der Waals surface area (Å²) in [5, 5.41) is 13.6. The quantitative estimate of drug-likeness (QED) is 0.894. The third kappa shape index (κ3) is 2.55. The van der Waals surface area contributed by atoms with Crippen LogP contribution in [0, 0.1) is 0 Å². The van der Waals surface area contributed by atoms with Gasteiger partial charge in [0.05, 0.1) is 6.20 Å². The first-order valence-electron chi connectivity index (χ1n) is 7.75. The number of aryl methyl sites for hydroxylation is 1. The van der Waals surface area contributed by atoms with Gasteiger partial charge >= 0.3 is 0 Å². The number of rotatable bonds is 4. The van der Waals surface area contributed by atoms with Crippen molar-refractivity contribution in [2.24, 2.45) is 0 Å². The van der Waals surface area contributed by atoms with Crippen molar-refractivity contribution in [2.45, 2.75) is 45.1 Å². The Morgan fingerprint density at radius 2 is 2.29 bits per heavy atom. The molecule has 6 heteroatoms. The summed E-state index contributed by atoms with van der Waals surface area (Å²) in [7, 11) is 0. The van der Waals surface area contributed by atoms with Gasteiger partial charge in [-0.1, -0.05) is 6.92 Å². The van der Waals surface area contributed by atoms with Crippen LogP contribution in [0.25, 0.3) is 5.65 Å². The van der Waals surface area contributed by atoms with E-state index in [4.69, 9.17) is 10.7 Å². The predicted octanol–water partition coefficient (Wildman–Crippen LogP) is 1.62. The Labute approximate surface area is 124 Å². The smallest absolute Gasteiger partial charge is 0.162 e. The average molecular weight is 289 g/mol. The lowest BCUT2D eigenvalue weighted by atomic mass is 9.99. The second-order valence-electron chi connectivity index (χ2n) is 5.65. The van der Waals surface area contributed by atoms with E-state index in [1.54, 1.807) is 4.52 Å². The summed E-state index contributed by atoms with van der Waals surface area (Å²) in [6.45, 7) is 3.28. The van der Waals surface area contributed by atoms with Gasteiger partial charge in [0, 0.05) is 30.8 Å². The Morgan fingerprint density at radius 1 is 1.43 bits per heavy atom. The minimum Gasteiger partial charge on any atom is -0.396 e. The molecule has 1 aliphatic rings. The van der Waals surface area contributed by atoms with Crippen LogP contribution in [0.4, 0.5) is 11.6 Å². The minimum absolute atomic E-state index is 0.214. The highest BCUT2D eigenvalue weighted by atomic mass is 16.3. The van der Waals surface area contributed by atoms with Crippen LogP contribution in [-0.4, -0.2) is 38.9 Å². The van der Waals surface area contributed by atoms with Gasteiger partial charge in [-0.05, 0) is 32.1 Å². The molecule has 2 aromatic heterocycles. The molecule has 6 nitrogen and oxygen atoms in total. The van der Waals surface area contributed by atoms with E-state index < -0.39 is 0 Å². The van der Waals surface area contributed by atoms with Gasteiger partial charge in [0.25, 0.3) is 0 Å². The molecule has 1 fully saturated rings. The minimum atomic E-state index is 0.214. The Morgan fingerprint density at radius 3 is 3.05 bits per heavy atom. The van der Waals surface area contributed by atoms with Crippen LogP contribution in [0.5, 0.6) is 0 Å². The number of nitrogens with zero attached hydrogens (tertiary/aromatic N) is 4. The maximum Gasteiger partial charge on any atom is 0.162 e. The first kappa shape index (κ1) is 14.1. The van der Waals surface area contributed by atoms with E-state index in [1.165, 1.54) is 6.42 Å². The molecule has 0 aliphatic carbocycles. The van der Waals surface area contributed by atoms with Crippen LogP contribution in [0.1, 0.15) is 38.2 Å². The van der Waals surface area contributed by atoms with E-state index in [2.05, 4.69) is 16.9 Å². The molecular formula is C15H23N5O. The van der Waals surface area contributed by atoms with Crippen molar-refractivity contribution < 1.29 is 5.11 Å². The lowest BCUT2D eigenvalue weighted by Gasteiger charge is -2.36. The van der Waals surface area contributed by atoms with Gasteiger partial charge in [-0.3, -0.25) is 0 Å². The van der Waals surface area contributed by atoms with Crippen molar-refractivity contribution in [3.05, 3.63) is 17.8 Å². The number of hydrogen-bond acceptors (Lipinski definition) is 5. The second kappa shape index (κ2) is 5.89. The summed E-state index contributed by atoms with van der Waals surface area (Å²) in [5.74, 6) is 1.52. The Hall–Kier alpha value is -1.82. The van der Waals surface area contributed by atoms with Crippen molar-refractivity contribution in [1.82, 2.24) is 14.6 Å². The summed E-state index contributed by atoms with van der Waals surface area (Å²) in [5.41, 5.74) is 8.09. The van der Waals surface area contributed by atoms with Gasteiger partial charge in [-0.2, -0.15) is 9.61 Å². The van der Waals surface area contributed by atoms with Crippen molar-refractivity contribution in [2.75, 3.05) is 23.8 Å². The summed E-state index contributed by atoms with van der Waals surface area (Å²) in [6, 6.07) is 2.25. The Balaban J connectivity index is 2.02. The van der Waals surface area contributed by atoms with E-state index in [0.29, 0.717) is 11.9 Å². The number of aliphatic hydroxyl groups excluding tert-OH is 1. The largest absolute Gasteiger partial charge is 0.396 e. The first-order valence-corrected chi connectivity index (χ1v) is 7.75. The molecule has 0 amide bonds. The summed E-state index contributed by atoms with van der Waals surface area (Å²) in [6.07, 6.45) is 6.99. The van der Waals surface area contributed by atoms with E-state index in [9.17, 15) is 5.11 Å². The highest BCUT2D eigenvalue weighted by Gasteiger charge is 2.24. The Bertz CT molecular complexity index is 622. The number of hydrogen-bond donors (Lipinski definition) is 2. The first-order chi connectivity index (χ1) is 10.2. The van der Waals surface area contributed by atoms with Crippen molar-refractivity contribution >= 4 is 17.3 Å². The van der Waals surface area contributed by atoms with Crippen LogP contribution >= 0.6 is 0 Å². The number of piperidine rings is 1. The molecule has 3 N–H and O–H groups in total. The number of nitrogen functional groups attached to an aromatic ring is 1. The molecule has 1 aliphatic heterocycles.